The van der Waals surface area contributed by atoms with Gasteiger partial charge in [-0.15, -0.1) is 11.3 Å². The van der Waals surface area contributed by atoms with Crippen LogP contribution in [0.5, 0.6) is 0 Å². The number of hydrogen-bond donors (Lipinski definition) is 0. The first-order chi connectivity index (χ1) is 8.84. The third-order valence-corrected chi connectivity index (χ3v) is 4.97. The van der Waals surface area contributed by atoms with Crippen molar-refractivity contribution in [1.29, 1.82) is 0 Å². The number of aromatic nitrogens is 2. The fourth-order valence-corrected chi connectivity index (χ4v) is 3.23. The van der Waals surface area contributed by atoms with E-state index in [0.29, 0.717) is 0 Å². The Labute approximate surface area is 118 Å². The minimum absolute atomic E-state index is 0.218. The number of rotatable bonds is 3. The molecule has 3 rings (SSSR count). The van der Waals surface area contributed by atoms with E-state index in [9.17, 15) is 0 Å². The van der Waals surface area contributed by atoms with Gasteiger partial charge in [-0.3, -0.25) is 0 Å². The molecule has 1 unspecified atom stereocenters. The van der Waals surface area contributed by atoms with Gasteiger partial charge in [0.1, 0.15) is 0 Å². The third-order valence-electron chi connectivity index (χ3n) is 2.71. The zero-order chi connectivity index (χ0) is 12.4. The van der Waals surface area contributed by atoms with E-state index >= 15 is 0 Å². The van der Waals surface area contributed by atoms with Gasteiger partial charge in [0.2, 0.25) is 0 Å². The molecule has 90 valence electrons. The molecule has 1 atom stereocenters. The molecule has 3 aromatic rings. The number of hydrogen-bond acceptors (Lipinski definition) is 2. The van der Waals surface area contributed by atoms with E-state index in [0.717, 1.165) is 5.69 Å². The first-order valence-corrected chi connectivity index (χ1v) is 7.41. The van der Waals surface area contributed by atoms with E-state index in [2.05, 4.69) is 44.7 Å². The minimum atomic E-state index is 0.218. The third kappa shape index (κ3) is 2.26. The number of thiophene rings is 1. The number of alkyl halides is 1. The summed E-state index contributed by atoms with van der Waals surface area (Å²) in [5.41, 5.74) is 2.25. The molecule has 2 nitrogen and oxygen atoms in total. The van der Waals surface area contributed by atoms with Gasteiger partial charge in [0.15, 0.2) is 0 Å². The summed E-state index contributed by atoms with van der Waals surface area (Å²) in [6.45, 7) is 0. The van der Waals surface area contributed by atoms with Crippen molar-refractivity contribution in [2.75, 3.05) is 0 Å². The van der Waals surface area contributed by atoms with Crippen molar-refractivity contribution >= 4 is 27.3 Å². The molecule has 0 amide bonds. The summed E-state index contributed by atoms with van der Waals surface area (Å²) in [4.78, 5) is 1.51. The van der Waals surface area contributed by atoms with Crippen molar-refractivity contribution in [3.8, 4) is 5.69 Å². The molecule has 18 heavy (non-hydrogen) atoms. The van der Waals surface area contributed by atoms with Gasteiger partial charge < -0.3 is 0 Å². The summed E-state index contributed by atoms with van der Waals surface area (Å²) in [5.74, 6) is 0. The normalized spacial score (nSPS) is 12.5. The van der Waals surface area contributed by atoms with Gasteiger partial charge in [-0.25, -0.2) is 4.68 Å². The Morgan fingerprint density at radius 2 is 1.94 bits per heavy atom. The van der Waals surface area contributed by atoms with E-state index in [-0.39, 0.29) is 4.83 Å². The van der Waals surface area contributed by atoms with Gasteiger partial charge in [0.25, 0.3) is 0 Å². The van der Waals surface area contributed by atoms with Gasteiger partial charge in [-0.2, -0.15) is 5.10 Å². The van der Waals surface area contributed by atoms with E-state index in [1.54, 1.807) is 11.3 Å². The smallest absolute Gasteiger partial charge is 0.0768 e. The fraction of sp³-hybridized carbons (Fsp3) is 0.0714. The van der Waals surface area contributed by atoms with Crippen LogP contribution in [-0.4, -0.2) is 9.78 Å². The highest BCUT2D eigenvalue weighted by molar-refractivity contribution is 9.09. The fourth-order valence-electron chi connectivity index (χ4n) is 1.79. The van der Waals surface area contributed by atoms with Crippen LogP contribution in [-0.2, 0) is 0 Å². The van der Waals surface area contributed by atoms with Crippen LogP contribution in [0.25, 0.3) is 5.69 Å². The maximum atomic E-state index is 4.41. The molecule has 0 saturated heterocycles. The van der Waals surface area contributed by atoms with Crippen LogP contribution >= 0.6 is 27.3 Å². The molecule has 0 N–H and O–H groups in total. The SMILES string of the molecule is BrC(c1cnn(-c2ccccc2)c1)c1cccs1. The molecule has 0 aliphatic carbocycles. The number of benzene rings is 1. The molecule has 0 spiro atoms. The number of nitrogens with zero attached hydrogens (tertiary/aromatic N) is 2. The van der Waals surface area contributed by atoms with Crippen LogP contribution in [0, 0.1) is 0 Å². The molecule has 1 aromatic carbocycles. The Hall–Kier alpha value is -1.39. The molecule has 0 saturated carbocycles. The average molecular weight is 319 g/mol. The molecule has 0 aliphatic rings. The zero-order valence-electron chi connectivity index (χ0n) is 9.53. The van der Waals surface area contributed by atoms with Crippen molar-refractivity contribution < 1.29 is 0 Å². The molecule has 2 heterocycles. The van der Waals surface area contributed by atoms with Crippen molar-refractivity contribution in [2.45, 2.75) is 4.83 Å². The van der Waals surface area contributed by atoms with Gasteiger partial charge in [0, 0.05) is 16.6 Å². The molecular formula is C14H11BrN2S. The summed E-state index contributed by atoms with van der Waals surface area (Å²) in [6.07, 6.45) is 3.97. The molecule has 4 heteroatoms. The summed E-state index contributed by atoms with van der Waals surface area (Å²) in [6, 6.07) is 14.3. The van der Waals surface area contributed by atoms with Crippen LogP contribution in [0.1, 0.15) is 15.3 Å². The molecule has 0 radical (unpaired) electrons. The second-order valence-corrected chi connectivity index (χ2v) is 5.83. The Balaban J connectivity index is 1.90. The van der Waals surface area contributed by atoms with Crippen molar-refractivity contribution in [2.24, 2.45) is 0 Å². The lowest BCUT2D eigenvalue weighted by Gasteiger charge is -2.03. The summed E-state index contributed by atoms with van der Waals surface area (Å²) in [7, 11) is 0. The minimum Gasteiger partial charge on any atom is -0.241 e. The predicted octanol–water partition coefficient (Wildman–Crippen LogP) is 4.42. The van der Waals surface area contributed by atoms with Gasteiger partial charge >= 0.3 is 0 Å². The zero-order valence-corrected chi connectivity index (χ0v) is 11.9. The highest BCUT2D eigenvalue weighted by atomic mass is 79.9. The van der Waals surface area contributed by atoms with Crippen molar-refractivity contribution in [3.63, 3.8) is 0 Å². The summed E-state index contributed by atoms with van der Waals surface area (Å²) >= 11 is 5.46. The molecular weight excluding hydrogens is 308 g/mol. The number of halogens is 1. The van der Waals surface area contributed by atoms with E-state index in [1.807, 2.05) is 41.2 Å². The van der Waals surface area contributed by atoms with Gasteiger partial charge in [-0.1, -0.05) is 40.2 Å². The summed E-state index contributed by atoms with van der Waals surface area (Å²) in [5, 5.41) is 6.50. The van der Waals surface area contributed by atoms with E-state index < -0.39 is 0 Å². The first kappa shape index (κ1) is 11.7. The lowest BCUT2D eigenvalue weighted by atomic mass is 10.2. The predicted molar refractivity (Wildman–Crippen MR) is 78.7 cm³/mol. The lowest BCUT2D eigenvalue weighted by Crippen LogP contribution is -1.93. The molecule has 0 aliphatic heterocycles. The second-order valence-electron chi connectivity index (χ2n) is 3.93. The number of para-hydroxylation sites is 1. The Kier molecular flexibility index (Phi) is 3.30. The average Bonchev–Trinajstić information content (AvgIpc) is 3.10. The Bertz CT molecular complexity index is 616. The molecule has 2 aromatic heterocycles. The van der Waals surface area contributed by atoms with Gasteiger partial charge in [0.05, 0.1) is 16.7 Å². The second kappa shape index (κ2) is 5.08. The quantitative estimate of drug-likeness (QED) is 0.654. The van der Waals surface area contributed by atoms with Crippen molar-refractivity contribution in [1.82, 2.24) is 9.78 Å². The van der Waals surface area contributed by atoms with Crippen LogP contribution in [0.15, 0.2) is 60.2 Å². The largest absolute Gasteiger partial charge is 0.241 e. The highest BCUT2D eigenvalue weighted by Gasteiger charge is 2.13. The standard InChI is InChI=1S/C14H11BrN2S/c15-14(13-7-4-8-18-13)11-9-16-17(10-11)12-5-2-1-3-6-12/h1-10,14H. The van der Waals surface area contributed by atoms with Crippen LogP contribution in [0.2, 0.25) is 0 Å². The lowest BCUT2D eigenvalue weighted by molar-refractivity contribution is 0.880. The molecule has 0 bridgehead atoms. The summed E-state index contributed by atoms with van der Waals surface area (Å²) < 4.78 is 1.90. The van der Waals surface area contributed by atoms with Gasteiger partial charge in [-0.05, 0) is 23.6 Å². The van der Waals surface area contributed by atoms with Crippen LogP contribution in [0.3, 0.4) is 0 Å². The first-order valence-electron chi connectivity index (χ1n) is 5.62. The molecule has 0 fully saturated rings. The monoisotopic (exact) mass is 318 g/mol. The topological polar surface area (TPSA) is 17.8 Å². The maximum absolute atomic E-state index is 4.41. The highest BCUT2D eigenvalue weighted by Crippen LogP contribution is 2.33. The maximum Gasteiger partial charge on any atom is 0.0768 e. The van der Waals surface area contributed by atoms with E-state index in [1.165, 1.54) is 10.4 Å². The van der Waals surface area contributed by atoms with Crippen LogP contribution in [0.4, 0.5) is 0 Å². The van der Waals surface area contributed by atoms with Crippen LogP contribution < -0.4 is 0 Å². The van der Waals surface area contributed by atoms with E-state index in [4.69, 9.17) is 0 Å². The Morgan fingerprint density at radius 1 is 1.11 bits per heavy atom. The Morgan fingerprint density at radius 3 is 2.67 bits per heavy atom. The van der Waals surface area contributed by atoms with Crippen molar-refractivity contribution in [3.05, 3.63) is 70.7 Å².